The first-order valence-electron chi connectivity index (χ1n) is 11.9. The number of hydrogen-bond donors (Lipinski definition) is 0. The minimum Gasteiger partial charge on any atom is -0.497 e. The molecule has 2 aromatic rings. The molecule has 0 N–H and O–H groups in total. The number of piperidine rings is 1. The Bertz CT molecular complexity index is 1060. The maximum Gasteiger partial charge on any atom is 0.262 e. The molecule has 2 saturated heterocycles. The van der Waals surface area contributed by atoms with Crippen LogP contribution in [0.2, 0.25) is 0 Å². The summed E-state index contributed by atoms with van der Waals surface area (Å²) in [5, 5.41) is 0.0861. The van der Waals surface area contributed by atoms with Crippen molar-refractivity contribution in [2.45, 2.75) is 31.2 Å². The van der Waals surface area contributed by atoms with Gasteiger partial charge in [0.05, 0.1) is 7.11 Å². The minimum absolute atomic E-state index is 0.0861. The van der Waals surface area contributed by atoms with Gasteiger partial charge in [-0.15, -0.1) is 0 Å². The van der Waals surface area contributed by atoms with E-state index in [-0.39, 0.29) is 16.9 Å². The molecule has 186 valence electrons. The lowest BCUT2D eigenvalue weighted by Gasteiger charge is -2.38. The second-order valence-corrected chi connectivity index (χ2v) is 11.1. The Balaban J connectivity index is 1.22. The van der Waals surface area contributed by atoms with E-state index in [1.807, 2.05) is 17.0 Å². The van der Waals surface area contributed by atoms with E-state index in [1.54, 1.807) is 31.8 Å². The van der Waals surface area contributed by atoms with Crippen LogP contribution in [0.15, 0.2) is 35.5 Å². The first-order chi connectivity index (χ1) is 16.3. The van der Waals surface area contributed by atoms with Gasteiger partial charge in [-0.1, -0.05) is 12.1 Å². The quantitative estimate of drug-likeness (QED) is 0.586. The molecule has 0 aliphatic carbocycles. The van der Waals surface area contributed by atoms with Gasteiger partial charge in [-0.25, -0.2) is 13.4 Å². The number of hydrogen-bond acceptors (Lipinski definition) is 6. The van der Waals surface area contributed by atoms with Gasteiger partial charge in [-0.3, -0.25) is 9.69 Å². The van der Waals surface area contributed by atoms with Gasteiger partial charge in [0.2, 0.25) is 5.91 Å². The number of sulfonamides is 1. The second kappa shape index (κ2) is 10.5. The average Bonchev–Trinajstić information content (AvgIpc) is 3.22. The van der Waals surface area contributed by atoms with E-state index >= 15 is 0 Å². The highest BCUT2D eigenvalue weighted by Gasteiger charge is 2.35. The Morgan fingerprint density at radius 2 is 1.71 bits per heavy atom. The molecule has 9 nitrogen and oxygen atoms in total. The summed E-state index contributed by atoms with van der Waals surface area (Å²) in [4.78, 5) is 21.6. The van der Waals surface area contributed by atoms with E-state index in [1.165, 1.54) is 9.87 Å². The lowest BCUT2D eigenvalue weighted by atomic mass is 9.96. The van der Waals surface area contributed by atoms with E-state index in [0.717, 1.165) is 44.9 Å². The summed E-state index contributed by atoms with van der Waals surface area (Å²) in [6, 6.07) is 8.17. The van der Waals surface area contributed by atoms with Crippen molar-refractivity contribution in [3.63, 3.8) is 0 Å². The Hall–Kier alpha value is -2.43. The number of methoxy groups -OCH3 is 1. The lowest BCUT2D eigenvalue weighted by molar-refractivity contribution is -0.138. The Morgan fingerprint density at radius 3 is 2.26 bits per heavy atom. The number of rotatable bonds is 7. The highest BCUT2D eigenvalue weighted by atomic mass is 32.2. The summed E-state index contributed by atoms with van der Waals surface area (Å²) in [5.41, 5.74) is 1.28. The largest absolute Gasteiger partial charge is 0.497 e. The monoisotopic (exact) mass is 489 g/mol. The molecule has 2 aliphatic rings. The molecule has 0 atom stereocenters. The number of amides is 1. The van der Waals surface area contributed by atoms with Crippen molar-refractivity contribution in [3.8, 4) is 5.75 Å². The summed E-state index contributed by atoms with van der Waals surface area (Å²) in [6.07, 6.45) is 3.64. The second-order valence-electron chi connectivity index (χ2n) is 9.18. The molecule has 0 radical (unpaired) electrons. The highest BCUT2D eigenvalue weighted by Crippen LogP contribution is 2.25. The predicted octanol–water partition coefficient (Wildman–Crippen LogP) is 1.52. The maximum atomic E-state index is 13.1. The fraction of sp³-hybridized carbons (Fsp3) is 0.583. The Labute approximate surface area is 202 Å². The standard InChI is InChI=1S/C24H35N5O4S/c1-19-25-23(18-26(19)2)34(31,32)29-12-9-21(10-13-29)24(30)28-16-14-27(15-17-28)11-8-20-4-6-22(33-3)7-5-20/h4-7,18,21H,8-17H2,1-3H3. The predicted molar refractivity (Wildman–Crippen MR) is 129 cm³/mol. The number of carbonyl (C=O) groups is 1. The van der Waals surface area contributed by atoms with Gasteiger partial charge in [0, 0.05) is 65.0 Å². The molecule has 3 heterocycles. The molecule has 10 heteroatoms. The number of benzene rings is 1. The SMILES string of the molecule is COc1ccc(CCN2CCN(C(=O)C3CCN(S(=O)(=O)c4cn(C)c(C)n4)CC3)CC2)cc1. The fourth-order valence-corrected chi connectivity index (χ4v) is 6.15. The maximum absolute atomic E-state index is 13.1. The number of ether oxygens (including phenoxy) is 1. The smallest absolute Gasteiger partial charge is 0.262 e. The van der Waals surface area contributed by atoms with Crippen LogP contribution in [0.1, 0.15) is 24.2 Å². The normalized spacial score (nSPS) is 18.9. The van der Waals surface area contributed by atoms with Crippen LogP contribution >= 0.6 is 0 Å². The molecule has 1 aromatic carbocycles. The molecular weight excluding hydrogens is 454 g/mol. The summed E-state index contributed by atoms with van der Waals surface area (Å²) in [6.45, 7) is 6.66. The van der Waals surface area contributed by atoms with Gasteiger partial charge in [0.1, 0.15) is 11.6 Å². The first-order valence-corrected chi connectivity index (χ1v) is 13.4. The first kappa shape index (κ1) is 24.7. The van der Waals surface area contributed by atoms with Gasteiger partial charge >= 0.3 is 0 Å². The van der Waals surface area contributed by atoms with Crippen molar-refractivity contribution in [1.29, 1.82) is 0 Å². The van der Waals surface area contributed by atoms with E-state index in [9.17, 15) is 13.2 Å². The zero-order valence-corrected chi connectivity index (χ0v) is 21.1. The van der Waals surface area contributed by atoms with Gasteiger partial charge in [0.25, 0.3) is 10.0 Å². The van der Waals surface area contributed by atoms with Gasteiger partial charge in [-0.05, 0) is 43.9 Å². The van der Waals surface area contributed by atoms with Crippen LogP contribution in [0.5, 0.6) is 5.75 Å². The van der Waals surface area contributed by atoms with Crippen LogP contribution in [0.25, 0.3) is 0 Å². The molecule has 0 bridgehead atoms. The minimum atomic E-state index is -3.62. The molecule has 1 aromatic heterocycles. The Morgan fingerprint density at radius 1 is 1.06 bits per heavy atom. The number of aromatic nitrogens is 2. The van der Waals surface area contributed by atoms with Crippen molar-refractivity contribution in [2.75, 3.05) is 52.9 Å². The number of carbonyl (C=O) groups excluding carboxylic acids is 1. The zero-order chi connectivity index (χ0) is 24.3. The van der Waals surface area contributed by atoms with E-state index in [0.29, 0.717) is 31.8 Å². The molecule has 0 spiro atoms. The van der Waals surface area contributed by atoms with Crippen LogP contribution in [0.4, 0.5) is 0 Å². The Kier molecular flexibility index (Phi) is 7.59. The van der Waals surface area contributed by atoms with Crippen molar-refractivity contribution in [2.24, 2.45) is 13.0 Å². The molecule has 34 heavy (non-hydrogen) atoms. The van der Waals surface area contributed by atoms with Gasteiger partial charge < -0.3 is 14.2 Å². The fourth-order valence-electron chi connectivity index (χ4n) is 4.66. The molecule has 0 saturated carbocycles. The molecule has 0 unspecified atom stereocenters. The molecule has 2 fully saturated rings. The zero-order valence-electron chi connectivity index (χ0n) is 20.3. The number of imidazole rings is 1. The molecule has 4 rings (SSSR count). The highest BCUT2D eigenvalue weighted by molar-refractivity contribution is 7.89. The number of piperazine rings is 1. The number of aryl methyl sites for hydroxylation is 2. The van der Waals surface area contributed by atoms with Crippen LogP contribution < -0.4 is 4.74 Å². The third-order valence-corrected chi connectivity index (χ3v) is 8.82. The van der Waals surface area contributed by atoms with Crippen molar-refractivity contribution in [3.05, 3.63) is 41.9 Å². The summed E-state index contributed by atoms with van der Waals surface area (Å²) in [7, 11) is -0.162. The lowest BCUT2D eigenvalue weighted by Crippen LogP contribution is -2.52. The summed E-state index contributed by atoms with van der Waals surface area (Å²) >= 11 is 0. The van der Waals surface area contributed by atoms with Gasteiger partial charge in [0.15, 0.2) is 5.03 Å². The summed E-state index contributed by atoms with van der Waals surface area (Å²) < 4.78 is 34.2. The third-order valence-electron chi connectivity index (χ3n) is 7.05. The van der Waals surface area contributed by atoms with Crippen molar-refractivity contribution >= 4 is 15.9 Å². The van der Waals surface area contributed by atoms with Crippen molar-refractivity contribution < 1.29 is 17.9 Å². The van der Waals surface area contributed by atoms with E-state index in [4.69, 9.17) is 4.74 Å². The van der Waals surface area contributed by atoms with Gasteiger partial charge in [-0.2, -0.15) is 4.31 Å². The van der Waals surface area contributed by atoms with Crippen LogP contribution in [-0.4, -0.2) is 90.9 Å². The van der Waals surface area contributed by atoms with Crippen LogP contribution in [0, 0.1) is 12.8 Å². The molecular formula is C24H35N5O4S. The average molecular weight is 490 g/mol. The summed E-state index contributed by atoms with van der Waals surface area (Å²) in [5.74, 6) is 1.58. The third kappa shape index (κ3) is 5.45. The van der Waals surface area contributed by atoms with Crippen LogP contribution in [-0.2, 0) is 28.3 Å². The van der Waals surface area contributed by atoms with Crippen LogP contribution in [0.3, 0.4) is 0 Å². The topological polar surface area (TPSA) is 88.0 Å². The molecule has 2 aliphatic heterocycles. The molecule has 1 amide bonds. The van der Waals surface area contributed by atoms with Crippen molar-refractivity contribution in [1.82, 2.24) is 23.7 Å². The van der Waals surface area contributed by atoms with E-state index in [2.05, 4.69) is 22.0 Å². The number of nitrogens with zero attached hydrogens (tertiary/aromatic N) is 5. The van der Waals surface area contributed by atoms with E-state index < -0.39 is 10.0 Å².